The van der Waals surface area contributed by atoms with Crippen molar-refractivity contribution in [3.05, 3.63) is 70.5 Å². The van der Waals surface area contributed by atoms with E-state index in [-0.39, 0.29) is 12.2 Å². The number of benzene rings is 2. The smallest absolute Gasteiger partial charge is 0.159 e. The van der Waals surface area contributed by atoms with Crippen LogP contribution in [0.1, 0.15) is 22.8 Å². The van der Waals surface area contributed by atoms with Gasteiger partial charge in [-0.15, -0.1) is 0 Å². The molecule has 2 aromatic carbocycles. The molecule has 100 valence electrons. The number of aryl methyl sites for hydroxylation is 1. The monoisotopic (exact) mass is 266 g/mol. The second-order valence-electron chi connectivity index (χ2n) is 4.47. The third-order valence-electron chi connectivity index (χ3n) is 3.00. The molecular weight excluding hydrogens is 253 g/mol. The Morgan fingerprint density at radius 2 is 1.74 bits per heavy atom. The van der Waals surface area contributed by atoms with Crippen LogP contribution in [0.25, 0.3) is 0 Å². The Morgan fingerprint density at radius 1 is 1.00 bits per heavy atom. The van der Waals surface area contributed by atoms with Crippen molar-refractivity contribution in [1.29, 1.82) is 0 Å². The number of hydrogen-bond acceptors (Lipinski definition) is 1. The molecule has 0 aliphatic heterocycles. The van der Waals surface area contributed by atoms with Crippen molar-refractivity contribution in [2.45, 2.75) is 19.4 Å². The lowest BCUT2D eigenvalue weighted by Crippen LogP contribution is -2.05. The average molecular weight is 266 g/mol. The number of rotatable bonds is 3. The van der Waals surface area contributed by atoms with Crippen LogP contribution in [0.4, 0.5) is 13.2 Å². The Kier molecular flexibility index (Phi) is 3.90. The van der Waals surface area contributed by atoms with Crippen molar-refractivity contribution in [2.24, 2.45) is 0 Å². The maximum atomic E-state index is 13.1. The van der Waals surface area contributed by atoms with Gasteiger partial charge in [0.15, 0.2) is 11.6 Å². The van der Waals surface area contributed by atoms with Gasteiger partial charge < -0.3 is 5.11 Å². The zero-order valence-electron chi connectivity index (χ0n) is 10.3. The fourth-order valence-corrected chi connectivity index (χ4v) is 2.01. The lowest BCUT2D eigenvalue weighted by Gasteiger charge is -2.14. The van der Waals surface area contributed by atoms with Gasteiger partial charge in [0.05, 0.1) is 6.10 Å². The topological polar surface area (TPSA) is 20.2 Å². The molecule has 0 radical (unpaired) electrons. The molecule has 0 saturated heterocycles. The van der Waals surface area contributed by atoms with E-state index in [0.29, 0.717) is 16.7 Å². The summed E-state index contributed by atoms with van der Waals surface area (Å²) in [5.41, 5.74) is 1.68. The minimum atomic E-state index is -0.944. The second kappa shape index (κ2) is 5.45. The highest BCUT2D eigenvalue weighted by atomic mass is 19.2. The van der Waals surface area contributed by atoms with Gasteiger partial charge in [0.1, 0.15) is 5.82 Å². The quantitative estimate of drug-likeness (QED) is 0.898. The van der Waals surface area contributed by atoms with E-state index in [4.69, 9.17) is 0 Å². The number of halogens is 3. The third kappa shape index (κ3) is 3.15. The van der Waals surface area contributed by atoms with E-state index in [9.17, 15) is 18.3 Å². The molecule has 0 bridgehead atoms. The highest BCUT2D eigenvalue weighted by Gasteiger charge is 2.13. The SMILES string of the molecule is Cc1cc(F)ccc1C(O)Cc1ccc(F)c(F)c1. The van der Waals surface area contributed by atoms with E-state index in [1.165, 1.54) is 24.3 Å². The highest BCUT2D eigenvalue weighted by molar-refractivity contribution is 5.30. The van der Waals surface area contributed by atoms with Crippen molar-refractivity contribution in [3.8, 4) is 0 Å². The Labute approximate surface area is 109 Å². The maximum Gasteiger partial charge on any atom is 0.159 e. The van der Waals surface area contributed by atoms with Crippen LogP contribution in [0, 0.1) is 24.4 Å². The predicted octanol–water partition coefficient (Wildman–Crippen LogP) is 3.69. The van der Waals surface area contributed by atoms with Crippen LogP contribution in [0.5, 0.6) is 0 Å². The van der Waals surface area contributed by atoms with Crippen molar-refractivity contribution < 1.29 is 18.3 Å². The number of aliphatic hydroxyl groups is 1. The molecule has 0 heterocycles. The van der Waals surface area contributed by atoms with Crippen LogP contribution < -0.4 is 0 Å². The lowest BCUT2D eigenvalue weighted by molar-refractivity contribution is 0.177. The average Bonchev–Trinajstić information content (AvgIpc) is 2.33. The van der Waals surface area contributed by atoms with Gasteiger partial charge in [-0.05, 0) is 47.9 Å². The summed E-state index contributed by atoms with van der Waals surface area (Å²) in [5.74, 6) is -2.24. The van der Waals surface area contributed by atoms with Crippen LogP contribution in [-0.2, 0) is 6.42 Å². The molecule has 2 aromatic rings. The van der Waals surface area contributed by atoms with Crippen LogP contribution in [0.2, 0.25) is 0 Å². The number of aliphatic hydroxyl groups excluding tert-OH is 1. The van der Waals surface area contributed by atoms with E-state index >= 15 is 0 Å². The summed E-state index contributed by atoms with van der Waals surface area (Å²) in [6.45, 7) is 1.69. The summed E-state index contributed by atoms with van der Waals surface area (Å²) in [6.07, 6.45) is -0.741. The molecule has 0 saturated carbocycles. The van der Waals surface area contributed by atoms with E-state index in [1.54, 1.807) is 6.92 Å². The molecule has 0 aliphatic carbocycles. The van der Waals surface area contributed by atoms with E-state index in [0.717, 1.165) is 12.1 Å². The summed E-state index contributed by atoms with van der Waals surface area (Å²) >= 11 is 0. The first-order valence-electron chi connectivity index (χ1n) is 5.85. The van der Waals surface area contributed by atoms with Crippen molar-refractivity contribution >= 4 is 0 Å². The zero-order valence-corrected chi connectivity index (χ0v) is 10.3. The predicted molar refractivity (Wildman–Crippen MR) is 66.2 cm³/mol. The minimum Gasteiger partial charge on any atom is -0.388 e. The summed E-state index contributed by atoms with van der Waals surface area (Å²) in [7, 11) is 0. The lowest BCUT2D eigenvalue weighted by atomic mass is 9.97. The molecule has 0 amide bonds. The van der Waals surface area contributed by atoms with Crippen LogP contribution >= 0.6 is 0 Å². The third-order valence-corrected chi connectivity index (χ3v) is 3.00. The normalized spacial score (nSPS) is 12.5. The second-order valence-corrected chi connectivity index (χ2v) is 4.47. The maximum absolute atomic E-state index is 13.1. The molecule has 0 fully saturated rings. The van der Waals surface area contributed by atoms with Crippen molar-refractivity contribution in [2.75, 3.05) is 0 Å². The molecule has 1 unspecified atom stereocenters. The molecule has 0 aliphatic rings. The van der Waals surface area contributed by atoms with Gasteiger partial charge in [-0.25, -0.2) is 13.2 Å². The van der Waals surface area contributed by atoms with Gasteiger partial charge in [-0.3, -0.25) is 0 Å². The molecular formula is C15H13F3O. The van der Waals surface area contributed by atoms with Crippen molar-refractivity contribution in [1.82, 2.24) is 0 Å². The molecule has 1 nitrogen and oxygen atoms in total. The molecule has 4 heteroatoms. The standard InChI is InChI=1S/C15H13F3O/c1-9-6-11(16)3-4-12(9)15(19)8-10-2-5-13(17)14(18)7-10/h2-7,15,19H,8H2,1H3. The van der Waals surface area contributed by atoms with Gasteiger partial charge in [0.25, 0.3) is 0 Å². The molecule has 0 spiro atoms. The highest BCUT2D eigenvalue weighted by Crippen LogP contribution is 2.23. The van der Waals surface area contributed by atoms with Gasteiger partial charge in [0.2, 0.25) is 0 Å². The first-order valence-corrected chi connectivity index (χ1v) is 5.85. The summed E-state index contributed by atoms with van der Waals surface area (Å²) in [6, 6.07) is 7.57. The minimum absolute atomic E-state index is 0.143. The summed E-state index contributed by atoms with van der Waals surface area (Å²) < 4.78 is 38.8. The molecule has 2 rings (SSSR count). The fourth-order valence-electron chi connectivity index (χ4n) is 2.01. The van der Waals surface area contributed by atoms with E-state index in [1.807, 2.05) is 0 Å². The van der Waals surface area contributed by atoms with Gasteiger partial charge >= 0.3 is 0 Å². The first kappa shape index (κ1) is 13.6. The summed E-state index contributed by atoms with van der Waals surface area (Å²) in [4.78, 5) is 0. The van der Waals surface area contributed by atoms with Crippen LogP contribution in [-0.4, -0.2) is 5.11 Å². The molecule has 0 aromatic heterocycles. The molecule has 1 atom stereocenters. The van der Waals surface area contributed by atoms with Crippen LogP contribution in [0.15, 0.2) is 36.4 Å². The van der Waals surface area contributed by atoms with Gasteiger partial charge in [0, 0.05) is 6.42 Å². The van der Waals surface area contributed by atoms with E-state index < -0.39 is 17.7 Å². The van der Waals surface area contributed by atoms with Crippen molar-refractivity contribution in [3.63, 3.8) is 0 Å². The Bertz CT molecular complexity index is 596. The molecule has 1 N–H and O–H groups in total. The fraction of sp³-hybridized carbons (Fsp3) is 0.200. The number of hydrogen-bond donors (Lipinski definition) is 1. The Morgan fingerprint density at radius 3 is 2.37 bits per heavy atom. The Balaban J connectivity index is 2.20. The van der Waals surface area contributed by atoms with E-state index in [2.05, 4.69) is 0 Å². The van der Waals surface area contributed by atoms with Crippen LogP contribution in [0.3, 0.4) is 0 Å². The molecule has 19 heavy (non-hydrogen) atoms. The largest absolute Gasteiger partial charge is 0.388 e. The first-order chi connectivity index (χ1) is 8.97. The summed E-state index contributed by atoms with van der Waals surface area (Å²) in [5, 5.41) is 10.1. The Hall–Kier alpha value is -1.81. The zero-order chi connectivity index (χ0) is 14.0. The van der Waals surface area contributed by atoms with Gasteiger partial charge in [-0.1, -0.05) is 12.1 Å². The van der Waals surface area contributed by atoms with Gasteiger partial charge in [-0.2, -0.15) is 0 Å².